The summed E-state index contributed by atoms with van der Waals surface area (Å²) in [5.41, 5.74) is 0. The monoisotopic (exact) mass is 260 g/mol. The van der Waals surface area contributed by atoms with Crippen molar-refractivity contribution >= 4 is 29.1 Å². The third-order valence-electron chi connectivity index (χ3n) is 1.23. The van der Waals surface area contributed by atoms with Gasteiger partial charge in [0.1, 0.15) is 0 Å². The molecule has 0 unspecified atom stereocenters. The van der Waals surface area contributed by atoms with Crippen LogP contribution < -0.4 is 0 Å². The van der Waals surface area contributed by atoms with Gasteiger partial charge in [0.25, 0.3) is 16.6 Å². The van der Waals surface area contributed by atoms with Gasteiger partial charge in [-0.15, -0.1) is 10.3 Å². The number of oxime groups is 2. The molecule has 94 valence electrons. The van der Waals surface area contributed by atoms with Crippen molar-refractivity contribution in [3.63, 3.8) is 0 Å². The van der Waals surface area contributed by atoms with Gasteiger partial charge in [-0.2, -0.15) is 0 Å². The van der Waals surface area contributed by atoms with Gasteiger partial charge in [0.2, 0.25) is 0 Å². The summed E-state index contributed by atoms with van der Waals surface area (Å²) in [6, 6.07) is 0. The SMILES string of the molecule is C[Si](C)(C)O/N=C/CC/C=N/O[Si](C)(C)C. The number of hydrogen-bond donors (Lipinski definition) is 0. The van der Waals surface area contributed by atoms with Gasteiger partial charge < -0.3 is 9.05 Å². The molecule has 0 saturated carbocycles. The van der Waals surface area contributed by atoms with Crippen LogP contribution in [-0.4, -0.2) is 29.1 Å². The molecule has 16 heavy (non-hydrogen) atoms. The van der Waals surface area contributed by atoms with Gasteiger partial charge in [0.05, 0.1) is 0 Å². The highest BCUT2D eigenvalue weighted by molar-refractivity contribution is 6.70. The van der Waals surface area contributed by atoms with Crippen LogP contribution in [0.15, 0.2) is 10.3 Å². The summed E-state index contributed by atoms with van der Waals surface area (Å²) in [4.78, 5) is 0. The average Bonchev–Trinajstić information content (AvgIpc) is 2.06. The van der Waals surface area contributed by atoms with Crippen molar-refractivity contribution in [2.24, 2.45) is 10.3 Å². The summed E-state index contributed by atoms with van der Waals surface area (Å²) in [7, 11) is -3.02. The Morgan fingerprint density at radius 3 is 1.31 bits per heavy atom. The quantitative estimate of drug-likeness (QED) is 0.304. The number of nitrogens with zero attached hydrogens (tertiary/aromatic N) is 2. The molecule has 0 saturated heterocycles. The Labute approximate surface area is 101 Å². The largest absolute Gasteiger partial charge is 0.456 e. The normalized spacial score (nSPS) is 13.6. The lowest BCUT2D eigenvalue weighted by Gasteiger charge is -2.12. The van der Waals surface area contributed by atoms with Crippen molar-refractivity contribution < 1.29 is 9.05 Å². The van der Waals surface area contributed by atoms with Crippen molar-refractivity contribution in [1.82, 2.24) is 0 Å². The second kappa shape index (κ2) is 6.85. The predicted octanol–water partition coefficient (Wildman–Crippen LogP) is 3.44. The van der Waals surface area contributed by atoms with Gasteiger partial charge in [0, 0.05) is 12.4 Å². The first-order valence-corrected chi connectivity index (χ1v) is 12.4. The van der Waals surface area contributed by atoms with Crippen LogP contribution in [-0.2, 0) is 9.05 Å². The molecule has 4 nitrogen and oxygen atoms in total. The van der Waals surface area contributed by atoms with Crippen molar-refractivity contribution in [3.05, 3.63) is 0 Å². The molecular weight excluding hydrogens is 236 g/mol. The van der Waals surface area contributed by atoms with Gasteiger partial charge in [-0.25, -0.2) is 0 Å². The molecular formula is C10H24N2O2Si2. The lowest BCUT2D eigenvalue weighted by molar-refractivity contribution is 0.335. The molecule has 0 spiro atoms. The number of rotatable bonds is 7. The van der Waals surface area contributed by atoms with E-state index in [0.717, 1.165) is 12.8 Å². The molecule has 0 aliphatic rings. The first kappa shape index (κ1) is 15.4. The Kier molecular flexibility index (Phi) is 6.58. The molecule has 0 radical (unpaired) electrons. The van der Waals surface area contributed by atoms with Crippen LogP contribution in [0.1, 0.15) is 12.8 Å². The summed E-state index contributed by atoms with van der Waals surface area (Å²) < 4.78 is 10.7. The third-order valence-corrected chi connectivity index (χ3v) is 2.53. The molecule has 0 aromatic heterocycles. The van der Waals surface area contributed by atoms with Gasteiger partial charge in [-0.05, 0) is 52.1 Å². The van der Waals surface area contributed by atoms with E-state index in [2.05, 4.69) is 49.6 Å². The van der Waals surface area contributed by atoms with E-state index in [4.69, 9.17) is 9.05 Å². The van der Waals surface area contributed by atoms with Crippen molar-refractivity contribution in [2.75, 3.05) is 0 Å². The highest BCUT2D eigenvalue weighted by Crippen LogP contribution is 2.03. The fourth-order valence-electron chi connectivity index (χ4n) is 0.645. The zero-order valence-corrected chi connectivity index (χ0v) is 13.3. The van der Waals surface area contributed by atoms with E-state index < -0.39 is 16.6 Å². The number of unbranched alkanes of at least 4 members (excludes halogenated alkanes) is 1. The van der Waals surface area contributed by atoms with Crippen LogP contribution >= 0.6 is 0 Å². The summed E-state index contributed by atoms with van der Waals surface area (Å²) >= 11 is 0. The molecule has 0 aromatic carbocycles. The maximum absolute atomic E-state index is 5.33. The van der Waals surface area contributed by atoms with E-state index in [1.165, 1.54) is 0 Å². The third kappa shape index (κ3) is 13.4. The molecule has 6 heteroatoms. The van der Waals surface area contributed by atoms with E-state index in [0.29, 0.717) is 0 Å². The molecule has 0 fully saturated rings. The predicted molar refractivity (Wildman–Crippen MR) is 75.1 cm³/mol. The first-order chi connectivity index (χ1) is 7.21. The molecule has 0 heterocycles. The van der Waals surface area contributed by atoms with E-state index in [9.17, 15) is 0 Å². The van der Waals surface area contributed by atoms with Gasteiger partial charge in [-0.3, -0.25) is 0 Å². The fraction of sp³-hybridized carbons (Fsp3) is 0.800. The highest BCUT2D eigenvalue weighted by atomic mass is 28.4. The summed E-state index contributed by atoms with van der Waals surface area (Å²) in [5.74, 6) is 0. The second-order valence-corrected chi connectivity index (χ2v) is 14.4. The van der Waals surface area contributed by atoms with Gasteiger partial charge in [-0.1, -0.05) is 0 Å². The fourth-order valence-corrected chi connectivity index (χ4v) is 1.43. The van der Waals surface area contributed by atoms with Gasteiger partial charge >= 0.3 is 0 Å². The molecule has 0 aliphatic heterocycles. The smallest absolute Gasteiger partial charge is 0.278 e. The van der Waals surface area contributed by atoms with Crippen LogP contribution in [0.4, 0.5) is 0 Å². The van der Waals surface area contributed by atoms with Crippen LogP contribution in [0.3, 0.4) is 0 Å². The molecule has 0 aliphatic carbocycles. The van der Waals surface area contributed by atoms with Crippen LogP contribution in [0.25, 0.3) is 0 Å². The van der Waals surface area contributed by atoms with Crippen molar-refractivity contribution in [1.29, 1.82) is 0 Å². The summed E-state index contributed by atoms with van der Waals surface area (Å²) in [5, 5.41) is 7.86. The molecule has 0 atom stereocenters. The minimum Gasteiger partial charge on any atom is -0.456 e. The zero-order chi connectivity index (χ0) is 12.7. The standard InChI is InChI=1S/C10H24N2O2Si2/c1-15(2,3)13-11-9-7-8-10-12-14-16(4,5)6/h9-10H,7-8H2,1-6H3/b11-9+,12-10+. The van der Waals surface area contributed by atoms with Crippen molar-refractivity contribution in [2.45, 2.75) is 52.1 Å². The Hall–Kier alpha value is -0.626. The van der Waals surface area contributed by atoms with E-state index >= 15 is 0 Å². The van der Waals surface area contributed by atoms with Crippen LogP contribution in [0, 0.1) is 0 Å². The maximum atomic E-state index is 5.33. The van der Waals surface area contributed by atoms with E-state index in [-0.39, 0.29) is 0 Å². The number of hydrogen-bond acceptors (Lipinski definition) is 4. The first-order valence-electron chi connectivity index (χ1n) is 5.61. The molecule has 0 rings (SSSR count). The van der Waals surface area contributed by atoms with E-state index in [1.54, 1.807) is 12.4 Å². The Morgan fingerprint density at radius 2 is 1.06 bits per heavy atom. The molecule has 0 bridgehead atoms. The van der Waals surface area contributed by atoms with Gasteiger partial charge in [0.15, 0.2) is 0 Å². The average molecular weight is 260 g/mol. The Bertz CT molecular complexity index is 216. The maximum Gasteiger partial charge on any atom is 0.278 e. The Morgan fingerprint density at radius 1 is 0.750 bits per heavy atom. The van der Waals surface area contributed by atoms with Crippen LogP contribution in [0.5, 0.6) is 0 Å². The second-order valence-electron chi connectivity index (χ2n) is 5.56. The van der Waals surface area contributed by atoms with Crippen LogP contribution in [0.2, 0.25) is 39.3 Å². The summed E-state index contributed by atoms with van der Waals surface area (Å²) in [6.07, 6.45) is 5.25. The van der Waals surface area contributed by atoms with E-state index in [1.807, 2.05) is 0 Å². The summed E-state index contributed by atoms with van der Waals surface area (Å²) in [6.45, 7) is 12.6. The molecule has 0 N–H and O–H groups in total. The Balaban J connectivity index is 3.54. The topological polar surface area (TPSA) is 43.2 Å². The highest BCUT2D eigenvalue weighted by Gasteiger charge is 2.15. The lowest BCUT2D eigenvalue weighted by Crippen LogP contribution is -2.22. The van der Waals surface area contributed by atoms with Crippen molar-refractivity contribution in [3.8, 4) is 0 Å². The minimum atomic E-state index is -1.51. The lowest BCUT2D eigenvalue weighted by atomic mass is 10.4. The molecule has 0 aromatic rings. The zero-order valence-electron chi connectivity index (χ0n) is 11.3. The minimum absolute atomic E-state index is 0.836. The molecule has 0 amide bonds.